The summed E-state index contributed by atoms with van der Waals surface area (Å²) in [7, 11) is -0.937. The van der Waals surface area contributed by atoms with Crippen molar-refractivity contribution >= 4 is 38.9 Å². The third kappa shape index (κ3) is 3.15. The molecule has 1 aromatic rings. The smallest absolute Gasteiger partial charge is 0.254 e. The third-order valence-corrected chi connectivity index (χ3v) is 5.67. The number of aromatic nitrogens is 1. The predicted octanol–water partition coefficient (Wildman–Crippen LogP) is 0.471. The first kappa shape index (κ1) is 14.4. The van der Waals surface area contributed by atoms with Gasteiger partial charge in [0.05, 0.1) is 12.2 Å². The van der Waals surface area contributed by atoms with E-state index in [1.807, 2.05) is 0 Å². The summed E-state index contributed by atoms with van der Waals surface area (Å²) in [5.74, 6) is -0.385. The maximum Gasteiger partial charge on any atom is 0.254 e. The average Bonchev–Trinajstić information content (AvgIpc) is 2.58. The molecule has 0 bridgehead atoms. The van der Waals surface area contributed by atoms with Crippen molar-refractivity contribution in [2.45, 2.75) is 11.1 Å². The topological polar surface area (TPSA) is 79.4 Å². The number of nitrogens with one attached hydrogen (secondary N) is 1. The molecule has 0 radical (unpaired) electrons. The van der Waals surface area contributed by atoms with Gasteiger partial charge in [-0.05, 0) is 6.92 Å². The van der Waals surface area contributed by atoms with Crippen molar-refractivity contribution < 1.29 is 13.2 Å². The molecule has 1 amide bonds. The molecule has 0 aliphatic rings. The Morgan fingerprint density at radius 1 is 1.59 bits per heavy atom. The maximum absolute atomic E-state index is 12.1. The molecule has 0 spiro atoms. The van der Waals surface area contributed by atoms with Gasteiger partial charge >= 0.3 is 0 Å². The fourth-order valence-electron chi connectivity index (χ4n) is 1.10. The molecule has 0 aliphatic carbocycles. The summed E-state index contributed by atoms with van der Waals surface area (Å²) in [4.78, 5) is 15.0. The molecule has 0 aliphatic heterocycles. The number of amides is 1. The first-order valence-corrected chi connectivity index (χ1v) is 7.22. The van der Waals surface area contributed by atoms with Crippen LogP contribution in [0.2, 0.25) is 4.47 Å². The van der Waals surface area contributed by atoms with Crippen molar-refractivity contribution in [3.63, 3.8) is 0 Å². The van der Waals surface area contributed by atoms with E-state index in [0.29, 0.717) is 5.69 Å². The minimum atomic E-state index is -3.71. The second-order valence-electron chi connectivity index (χ2n) is 3.27. The summed E-state index contributed by atoms with van der Waals surface area (Å²) in [6.45, 7) is 1.32. The molecule has 17 heavy (non-hydrogen) atoms. The van der Waals surface area contributed by atoms with Crippen molar-refractivity contribution in [2.75, 3.05) is 20.6 Å². The van der Waals surface area contributed by atoms with Gasteiger partial charge < -0.3 is 5.32 Å². The monoisotopic (exact) mass is 297 g/mol. The van der Waals surface area contributed by atoms with E-state index >= 15 is 0 Å². The van der Waals surface area contributed by atoms with Crippen molar-refractivity contribution in [1.82, 2.24) is 14.6 Å². The van der Waals surface area contributed by atoms with E-state index in [0.717, 1.165) is 15.6 Å². The first-order valence-electron chi connectivity index (χ1n) is 4.59. The molecule has 9 heteroatoms. The Kier molecular flexibility index (Phi) is 4.48. The number of likely N-dealkylation sites (N-methyl/N-ethyl adjacent to an activating group) is 2. The molecule has 0 unspecified atom stereocenters. The lowest BCUT2D eigenvalue weighted by Gasteiger charge is -2.14. The van der Waals surface area contributed by atoms with Gasteiger partial charge in [0.2, 0.25) is 5.91 Å². The van der Waals surface area contributed by atoms with Crippen LogP contribution in [0, 0.1) is 6.92 Å². The minimum absolute atomic E-state index is 0.0638. The van der Waals surface area contributed by atoms with Crippen LogP contribution < -0.4 is 5.32 Å². The van der Waals surface area contributed by atoms with Gasteiger partial charge in [0.25, 0.3) is 10.0 Å². The van der Waals surface area contributed by atoms with Crippen LogP contribution in [0.3, 0.4) is 0 Å². The van der Waals surface area contributed by atoms with Gasteiger partial charge in [-0.15, -0.1) is 0 Å². The van der Waals surface area contributed by atoms with E-state index in [9.17, 15) is 13.2 Å². The van der Waals surface area contributed by atoms with Crippen LogP contribution in [-0.4, -0.2) is 44.3 Å². The second-order valence-corrected chi connectivity index (χ2v) is 7.10. The Bertz CT molecular complexity index is 526. The van der Waals surface area contributed by atoms with Crippen LogP contribution in [0.15, 0.2) is 4.21 Å². The van der Waals surface area contributed by atoms with Crippen molar-refractivity contribution in [1.29, 1.82) is 0 Å². The van der Waals surface area contributed by atoms with E-state index < -0.39 is 10.0 Å². The Balaban J connectivity index is 3.03. The Labute approximate surface area is 109 Å². The summed E-state index contributed by atoms with van der Waals surface area (Å²) < 4.78 is 25.3. The fraction of sp³-hybridized carbons (Fsp3) is 0.500. The number of hydrogen-bond acceptors (Lipinski definition) is 5. The molecular formula is C8H12ClN3O3S2. The highest BCUT2D eigenvalue weighted by Gasteiger charge is 2.27. The minimum Gasteiger partial charge on any atom is -0.358 e. The molecule has 0 atom stereocenters. The molecule has 0 saturated carbocycles. The highest BCUT2D eigenvalue weighted by Crippen LogP contribution is 2.28. The molecular weight excluding hydrogens is 286 g/mol. The second kappa shape index (κ2) is 5.30. The summed E-state index contributed by atoms with van der Waals surface area (Å²) >= 11 is 6.53. The van der Waals surface area contributed by atoms with E-state index in [2.05, 4.69) is 10.3 Å². The largest absolute Gasteiger partial charge is 0.358 e. The normalized spacial score (nSPS) is 11.8. The average molecular weight is 298 g/mol. The molecule has 96 valence electrons. The van der Waals surface area contributed by atoms with Gasteiger partial charge in [-0.3, -0.25) is 4.79 Å². The zero-order valence-electron chi connectivity index (χ0n) is 9.52. The van der Waals surface area contributed by atoms with Gasteiger partial charge in [-0.25, -0.2) is 13.4 Å². The van der Waals surface area contributed by atoms with Gasteiger partial charge in [0.15, 0.2) is 8.68 Å². The lowest BCUT2D eigenvalue weighted by molar-refractivity contribution is -0.120. The van der Waals surface area contributed by atoms with Crippen molar-refractivity contribution in [3.05, 3.63) is 10.2 Å². The number of hydrogen-bond donors (Lipinski definition) is 1. The quantitative estimate of drug-likeness (QED) is 0.876. The van der Waals surface area contributed by atoms with E-state index in [4.69, 9.17) is 11.6 Å². The maximum atomic E-state index is 12.1. The summed E-state index contributed by atoms with van der Waals surface area (Å²) in [6, 6.07) is 0. The molecule has 0 aromatic carbocycles. The highest BCUT2D eigenvalue weighted by atomic mass is 35.5. The number of carbonyl (C=O) groups is 1. The molecule has 1 rings (SSSR count). The number of rotatable bonds is 4. The fourth-order valence-corrected chi connectivity index (χ4v) is 4.15. The van der Waals surface area contributed by atoms with Gasteiger partial charge in [-0.1, -0.05) is 22.9 Å². The first-order chi connectivity index (χ1) is 7.78. The molecule has 1 aromatic heterocycles. The third-order valence-electron chi connectivity index (χ3n) is 2.02. The van der Waals surface area contributed by atoms with E-state index in [-0.39, 0.29) is 21.1 Å². The zero-order chi connectivity index (χ0) is 13.2. The Hall–Kier alpha value is -0.700. The summed E-state index contributed by atoms with van der Waals surface area (Å²) in [5.41, 5.74) is 0.337. The lowest BCUT2D eigenvalue weighted by atomic mass is 10.6. The number of aryl methyl sites for hydroxylation is 1. The SMILES string of the molecule is CNC(=O)CN(C)S(=O)(=O)c1sc(Cl)nc1C. The molecule has 1 heterocycles. The van der Waals surface area contributed by atoms with Crippen LogP contribution in [0.4, 0.5) is 0 Å². The predicted molar refractivity (Wildman–Crippen MR) is 65.7 cm³/mol. The van der Waals surface area contributed by atoms with E-state index in [1.54, 1.807) is 6.92 Å². The summed E-state index contributed by atoms with van der Waals surface area (Å²) in [6.07, 6.45) is 0. The van der Waals surface area contributed by atoms with Gasteiger partial charge in [0, 0.05) is 14.1 Å². The standard InChI is InChI=1S/C8H12ClN3O3S2/c1-5-7(16-8(9)11-5)17(14,15)12(3)4-6(13)10-2/h4H2,1-3H3,(H,10,13). The molecule has 1 N–H and O–H groups in total. The van der Waals surface area contributed by atoms with Gasteiger partial charge in [0.1, 0.15) is 0 Å². The number of thiazole rings is 1. The molecule has 0 fully saturated rings. The van der Waals surface area contributed by atoms with Crippen molar-refractivity contribution in [2.24, 2.45) is 0 Å². The molecule has 0 saturated heterocycles. The van der Waals surface area contributed by atoms with Crippen LogP contribution in [0.25, 0.3) is 0 Å². The molecule has 6 nitrogen and oxygen atoms in total. The Morgan fingerprint density at radius 3 is 2.59 bits per heavy atom. The number of halogens is 1. The Morgan fingerprint density at radius 2 is 2.18 bits per heavy atom. The van der Waals surface area contributed by atoms with E-state index in [1.165, 1.54) is 14.1 Å². The van der Waals surface area contributed by atoms with Crippen LogP contribution in [0.5, 0.6) is 0 Å². The van der Waals surface area contributed by atoms with Crippen LogP contribution >= 0.6 is 22.9 Å². The lowest BCUT2D eigenvalue weighted by Crippen LogP contribution is -2.36. The number of nitrogens with zero attached hydrogens (tertiary/aromatic N) is 2. The van der Waals surface area contributed by atoms with Crippen LogP contribution in [0.1, 0.15) is 5.69 Å². The zero-order valence-corrected chi connectivity index (χ0v) is 11.9. The number of sulfonamides is 1. The summed E-state index contributed by atoms with van der Waals surface area (Å²) in [5, 5.41) is 2.36. The van der Waals surface area contributed by atoms with Gasteiger partial charge in [-0.2, -0.15) is 4.31 Å². The van der Waals surface area contributed by atoms with Crippen molar-refractivity contribution in [3.8, 4) is 0 Å². The highest BCUT2D eigenvalue weighted by molar-refractivity contribution is 7.91. The van der Waals surface area contributed by atoms with Crippen LogP contribution in [-0.2, 0) is 14.8 Å². The number of carbonyl (C=O) groups excluding carboxylic acids is 1.